The highest BCUT2D eigenvalue weighted by molar-refractivity contribution is 6.08. The Bertz CT molecular complexity index is 831. The van der Waals surface area contributed by atoms with Crippen LogP contribution in [0.15, 0.2) is 24.3 Å². The second kappa shape index (κ2) is 7.86. The van der Waals surface area contributed by atoms with Gasteiger partial charge in [-0.15, -0.1) is 0 Å². The van der Waals surface area contributed by atoms with E-state index in [9.17, 15) is 19.2 Å². The first kappa shape index (κ1) is 19.9. The molecule has 4 amide bonds. The van der Waals surface area contributed by atoms with Crippen LogP contribution in [-0.4, -0.2) is 46.9 Å². The van der Waals surface area contributed by atoms with Crippen LogP contribution < -0.4 is 10.6 Å². The average Bonchev–Trinajstić information content (AvgIpc) is 2.85. The molecule has 2 atom stereocenters. The summed E-state index contributed by atoms with van der Waals surface area (Å²) in [5, 5.41) is 13.9. The molecule has 9 nitrogen and oxygen atoms in total. The van der Waals surface area contributed by atoms with E-state index in [1.165, 1.54) is 13.0 Å². The van der Waals surface area contributed by atoms with Crippen LogP contribution in [0.25, 0.3) is 0 Å². The largest absolute Gasteiger partial charge is 0.451 e. The molecule has 0 aliphatic carbocycles. The van der Waals surface area contributed by atoms with Gasteiger partial charge in [-0.05, 0) is 38.5 Å². The quantitative estimate of drug-likeness (QED) is 0.569. The molecular formula is C18H20N4O5. The molecule has 1 aliphatic heterocycles. The van der Waals surface area contributed by atoms with Gasteiger partial charge in [-0.1, -0.05) is 13.0 Å². The van der Waals surface area contributed by atoms with Crippen molar-refractivity contribution in [3.8, 4) is 6.07 Å². The number of hydrogen-bond acceptors (Lipinski definition) is 6. The molecule has 0 aromatic heterocycles. The van der Waals surface area contributed by atoms with E-state index >= 15 is 0 Å². The van der Waals surface area contributed by atoms with Crippen molar-refractivity contribution in [1.29, 1.82) is 5.26 Å². The number of imide groups is 1. The number of urea groups is 1. The highest BCUT2D eigenvalue weighted by atomic mass is 16.5. The number of benzene rings is 1. The maximum absolute atomic E-state index is 12.3. The number of anilines is 1. The summed E-state index contributed by atoms with van der Waals surface area (Å²) in [4.78, 5) is 49.1. The lowest BCUT2D eigenvalue weighted by Gasteiger charge is -2.19. The molecule has 27 heavy (non-hydrogen) atoms. The van der Waals surface area contributed by atoms with Gasteiger partial charge in [0.2, 0.25) is 0 Å². The van der Waals surface area contributed by atoms with Crippen LogP contribution >= 0.6 is 0 Å². The maximum Gasteiger partial charge on any atom is 0.327 e. The lowest BCUT2D eigenvalue weighted by molar-refractivity contribution is -0.155. The fraction of sp³-hybridized carbons (Fsp3) is 0.389. The summed E-state index contributed by atoms with van der Waals surface area (Å²) < 4.78 is 5.01. The maximum atomic E-state index is 12.3. The summed E-state index contributed by atoms with van der Waals surface area (Å²) in [6.07, 6.45) is -0.773. The van der Waals surface area contributed by atoms with E-state index in [2.05, 4.69) is 10.6 Å². The van der Waals surface area contributed by atoms with Gasteiger partial charge >= 0.3 is 12.0 Å². The van der Waals surface area contributed by atoms with Crippen LogP contribution in [0, 0.1) is 11.3 Å². The van der Waals surface area contributed by atoms with Gasteiger partial charge in [-0.25, -0.2) is 4.79 Å². The molecule has 1 heterocycles. The van der Waals surface area contributed by atoms with Crippen molar-refractivity contribution in [3.05, 3.63) is 29.8 Å². The third-order valence-electron chi connectivity index (χ3n) is 4.28. The summed E-state index contributed by atoms with van der Waals surface area (Å²) in [5.41, 5.74) is -0.295. The Balaban J connectivity index is 1.93. The Morgan fingerprint density at radius 1 is 1.41 bits per heavy atom. The SMILES string of the molecule is CC[C@@]1(C)NC(=O)N(CC(=O)O[C@@H](C)C(=O)Nc2cccc(C#N)c2)C1=O. The standard InChI is InChI=1S/C18H20N4O5/c1-4-18(3)16(25)22(17(26)21-18)10-14(23)27-11(2)15(24)20-13-7-5-6-12(8-13)9-19/h5-8,11H,4,10H2,1-3H3,(H,20,24)(H,21,26)/t11-,18+/m0/s1. The Labute approximate surface area is 156 Å². The molecule has 0 saturated carbocycles. The minimum Gasteiger partial charge on any atom is -0.451 e. The first-order chi connectivity index (χ1) is 12.7. The van der Waals surface area contributed by atoms with E-state index in [4.69, 9.17) is 10.00 Å². The third kappa shape index (κ3) is 4.41. The van der Waals surface area contributed by atoms with Crippen LogP contribution in [0.5, 0.6) is 0 Å². The number of nitriles is 1. The molecular weight excluding hydrogens is 352 g/mol. The van der Waals surface area contributed by atoms with Gasteiger partial charge in [0.15, 0.2) is 6.10 Å². The van der Waals surface area contributed by atoms with Crippen molar-refractivity contribution in [2.24, 2.45) is 0 Å². The number of nitrogens with one attached hydrogen (secondary N) is 2. The van der Waals surface area contributed by atoms with Gasteiger partial charge in [0.05, 0.1) is 11.6 Å². The zero-order valence-electron chi connectivity index (χ0n) is 15.2. The van der Waals surface area contributed by atoms with Crippen molar-refractivity contribution < 1.29 is 23.9 Å². The van der Waals surface area contributed by atoms with E-state index in [1.54, 1.807) is 32.0 Å². The summed E-state index contributed by atoms with van der Waals surface area (Å²) in [5.74, 6) is -2.00. The zero-order valence-corrected chi connectivity index (χ0v) is 15.2. The first-order valence-electron chi connectivity index (χ1n) is 8.34. The van der Waals surface area contributed by atoms with Crippen molar-refractivity contribution in [1.82, 2.24) is 10.2 Å². The van der Waals surface area contributed by atoms with E-state index in [0.29, 0.717) is 17.7 Å². The highest BCUT2D eigenvalue weighted by Gasteiger charge is 2.47. The van der Waals surface area contributed by atoms with Crippen molar-refractivity contribution in [2.45, 2.75) is 38.8 Å². The second-order valence-electron chi connectivity index (χ2n) is 6.32. The number of rotatable bonds is 6. The Hall–Kier alpha value is -3.41. The molecule has 1 fully saturated rings. The minimum atomic E-state index is -1.15. The highest BCUT2D eigenvalue weighted by Crippen LogP contribution is 2.20. The van der Waals surface area contributed by atoms with Crippen molar-refractivity contribution in [2.75, 3.05) is 11.9 Å². The number of carbonyl (C=O) groups is 4. The molecule has 142 valence electrons. The number of carbonyl (C=O) groups excluding carboxylic acids is 4. The first-order valence-corrected chi connectivity index (χ1v) is 8.34. The third-order valence-corrected chi connectivity index (χ3v) is 4.28. The smallest absolute Gasteiger partial charge is 0.327 e. The van der Waals surface area contributed by atoms with Gasteiger partial charge in [-0.2, -0.15) is 5.26 Å². The average molecular weight is 372 g/mol. The molecule has 2 rings (SSSR count). The monoisotopic (exact) mass is 372 g/mol. The summed E-state index contributed by atoms with van der Waals surface area (Å²) in [6.45, 7) is 4.10. The van der Waals surface area contributed by atoms with Crippen LogP contribution in [0.4, 0.5) is 10.5 Å². The lowest BCUT2D eigenvalue weighted by Crippen LogP contribution is -2.44. The van der Waals surface area contributed by atoms with Crippen LogP contribution in [0.2, 0.25) is 0 Å². The molecule has 0 radical (unpaired) electrons. The zero-order chi connectivity index (χ0) is 20.2. The van der Waals surface area contributed by atoms with E-state index in [-0.39, 0.29) is 0 Å². The van der Waals surface area contributed by atoms with Gasteiger partial charge in [-0.3, -0.25) is 19.3 Å². The normalized spacial score (nSPS) is 19.9. The molecule has 9 heteroatoms. The predicted molar refractivity (Wildman–Crippen MR) is 94.3 cm³/mol. The van der Waals surface area contributed by atoms with Crippen LogP contribution in [-0.2, 0) is 19.1 Å². The van der Waals surface area contributed by atoms with Crippen molar-refractivity contribution in [3.63, 3.8) is 0 Å². The van der Waals surface area contributed by atoms with E-state index in [0.717, 1.165) is 4.90 Å². The van der Waals surface area contributed by atoms with Crippen LogP contribution in [0.3, 0.4) is 0 Å². The summed E-state index contributed by atoms with van der Waals surface area (Å²) in [7, 11) is 0. The van der Waals surface area contributed by atoms with Gasteiger partial charge < -0.3 is 15.4 Å². The Kier molecular flexibility index (Phi) is 5.80. The molecule has 0 unspecified atom stereocenters. The topological polar surface area (TPSA) is 129 Å². The molecule has 0 spiro atoms. The second-order valence-corrected chi connectivity index (χ2v) is 6.32. The van der Waals surface area contributed by atoms with Gasteiger partial charge in [0.25, 0.3) is 11.8 Å². The lowest BCUT2D eigenvalue weighted by atomic mass is 9.99. The molecule has 1 aliphatic rings. The van der Waals surface area contributed by atoms with Crippen LogP contribution in [0.1, 0.15) is 32.8 Å². The molecule has 1 saturated heterocycles. The van der Waals surface area contributed by atoms with E-state index in [1.807, 2.05) is 6.07 Å². The molecule has 1 aromatic carbocycles. The Morgan fingerprint density at radius 2 is 2.11 bits per heavy atom. The predicted octanol–water partition coefficient (Wildman–Crippen LogP) is 1.15. The number of nitrogens with zero attached hydrogens (tertiary/aromatic N) is 2. The molecule has 2 N–H and O–H groups in total. The number of hydrogen-bond donors (Lipinski definition) is 2. The fourth-order valence-corrected chi connectivity index (χ4v) is 2.46. The minimum absolute atomic E-state index is 0.370. The van der Waals surface area contributed by atoms with Gasteiger partial charge in [0.1, 0.15) is 12.1 Å². The fourth-order valence-electron chi connectivity index (χ4n) is 2.46. The number of ether oxygens (including phenoxy) is 1. The summed E-state index contributed by atoms with van der Waals surface area (Å²) in [6, 6.07) is 7.53. The molecule has 0 bridgehead atoms. The molecule has 1 aromatic rings. The number of amides is 4. The van der Waals surface area contributed by atoms with Crippen molar-refractivity contribution >= 4 is 29.5 Å². The Morgan fingerprint density at radius 3 is 2.70 bits per heavy atom. The summed E-state index contributed by atoms with van der Waals surface area (Å²) >= 11 is 0. The van der Waals surface area contributed by atoms with Gasteiger partial charge in [0, 0.05) is 5.69 Å². The number of esters is 1. The van der Waals surface area contributed by atoms with E-state index < -0.39 is 42.0 Å².